The molecule has 0 spiro atoms. The molecule has 4 aromatic rings. The van der Waals surface area contributed by atoms with Gasteiger partial charge in [-0.25, -0.2) is 17.9 Å². The van der Waals surface area contributed by atoms with Crippen molar-refractivity contribution < 1.29 is 40.6 Å². The van der Waals surface area contributed by atoms with Gasteiger partial charge in [0.1, 0.15) is 40.3 Å². The molecular formula is C25H17F6N3O4. The van der Waals surface area contributed by atoms with Gasteiger partial charge in [-0.05, 0) is 42.5 Å². The number of amides is 1. The number of halogens is 6. The summed E-state index contributed by atoms with van der Waals surface area (Å²) in [5.41, 5.74) is -2.83. The molecule has 0 saturated carbocycles. The van der Waals surface area contributed by atoms with Gasteiger partial charge in [0, 0.05) is 24.7 Å². The normalized spacial score (nSPS) is 11.4. The SMILES string of the molecule is COc1cc(F)c(-c2c(NC(=O)c3ccc(OC(F)(F)F)cc3)c(=O)n(-c3cccc(F)c3)n2C)c(F)c1. The van der Waals surface area contributed by atoms with Crippen molar-refractivity contribution in [2.75, 3.05) is 12.4 Å². The van der Waals surface area contributed by atoms with Crippen LogP contribution in [0.2, 0.25) is 0 Å². The van der Waals surface area contributed by atoms with Crippen LogP contribution in [0.1, 0.15) is 10.4 Å². The van der Waals surface area contributed by atoms with Crippen molar-refractivity contribution in [1.29, 1.82) is 0 Å². The van der Waals surface area contributed by atoms with Crippen LogP contribution in [0.15, 0.2) is 65.5 Å². The minimum atomic E-state index is -4.95. The summed E-state index contributed by atoms with van der Waals surface area (Å²) in [5, 5.41) is 2.28. The average Bonchev–Trinajstić information content (AvgIpc) is 3.07. The summed E-state index contributed by atoms with van der Waals surface area (Å²) in [7, 11) is 2.46. The monoisotopic (exact) mass is 537 g/mol. The molecule has 0 bridgehead atoms. The number of rotatable bonds is 6. The largest absolute Gasteiger partial charge is 0.573 e. The van der Waals surface area contributed by atoms with Gasteiger partial charge >= 0.3 is 6.36 Å². The van der Waals surface area contributed by atoms with Gasteiger partial charge in [-0.15, -0.1) is 13.2 Å². The van der Waals surface area contributed by atoms with Gasteiger partial charge in [-0.3, -0.25) is 14.3 Å². The lowest BCUT2D eigenvalue weighted by atomic mass is 10.1. The molecule has 38 heavy (non-hydrogen) atoms. The number of alkyl halides is 3. The van der Waals surface area contributed by atoms with Crippen molar-refractivity contribution in [3.05, 3.63) is 94.0 Å². The molecule has 1 N–H and O–H groups in total. The average molecular weight is 537 g/mol. The highest BCUT2D eigenvalue weighted by atomic mass is 19.4. The molecule has 0 unspecified atom stereocenters. The summed E-state index contributed by atoms with van der Waals surface area (Å²) < 4.78 is 91.9. The molecule has 0 saturated heterocycles. The van der Waals surface area contributed by atoms with Gasteiger partial charge in [0.15, 0.2) is 0 Å². The highest BCUT2D eigenvalue weighted by Gasteiger charge is 2.31. The first-order chi connectivity index (χ1) is 17.9. The van der Waals surface area contributed by atoms with Gasteiger partial charge in [0.05, 0.1) is 18.4 Å². The van der Waals surface area contributed by atoms with E-state index in [0.29, 0.717) is 0 Å². The molecule has 3 aromatic carbocycles. The van der Waals surface area contributed by atoms with Crippen molar-refractivity contribution in [2.45, 2.75) is 6.36 Å². The smallest absolute Gasteiger partial charge is 0.497 e. The summed E-state index contributed by atoms with van der Waals surface area (Å²) >= 11 is 0. The number of anilines is 1. The molecule has 0 aliphatic rings. The fourth-order valence-corrected chi connectivity index (χ4v) is 3.79. The summed E-state index contributed by atoms with van der Waals surface area (Å²) in [5.74, 6) is -4.68. The van der Waals surface area contributed by atoms with E-state index in [1.807, 2.05) is 0 Å². The molecular weight excluding hydrogens is 520 g/mol. The third kappa shape index (κ3) is 5.21. The van der Waals surface area contributed by atoms with Crippen LogP contribution < -0.4 is 20.3 Å². The summed E-state index contributed by atoms with van der Waals surface area (Å²) in [6.45, 7) is 0. The zero-order chi connectivity index (χ0) is 27.8. The van der Waals surface area contributed by atoms with Crippen molar-refractivity contribution in [3.8, 4) is 28.4 Å². The Hall–Kier alpha value is -4.68. The summed E-state index contributed by atoms with van der Waals surface area (Å²) in [4.78, 5) is 26.3. The Morgan fingerprint density at radius 3 is 2.11 bits per heavy atom. The number of nitrogens with one attached hydrogen (secondary N) is 1. The Bertz CT molecular complexity index is 1550. The number of ether oxygens (including phenoxy) is 2. The zero-order valence-electron chi connectivity index (χ0n) is 19.6. The molecule has 0 radical (unpaired) electrons. The maximum Gasteiger partial charge on any atom is 0.573 e. The van der Waals surface area contributed by atoms with Gasteiger partial charge < -0.3 is 14.8 Å². The van der Waals surface area contributed by atoms with E-state index in [4.69, 9.17) is 4.74 Å². The lowest BCUT2D eigenvalue weighted by Gasteiger charge is -2.13. The van der Waals surface area contributed by atoms with Crippen molar-refractivity contribution in [1.82, 2.24) is 9.36 Å². The maximum atomic E-state index is 15.1. The minimum absolute atomic E-state index is 0.0118. The number of aromatic nitrogens is 2. The van der Waals surface area contributed by atoms with Crippen LogP contribution in [0, 0.1) is 17.5 Å². The van der Waals surface area contributed by atoms with Gasteiger partial charge in [0.25, 0.3) is 11.5 Å². The third-order valence-electron chi connectivity index (χ3n) is 5.40. The molecule has 7 nitrogen and oxygen atoms in total. The van der Waals surface area contributed by atoms with Crippen LogP contribution in [-0.2, 0) is 7.05 Å². The fourth-order valence-electron chi connectivity index (χ4n) is 3.79. The first-order valence-corrected chi connectivity index (χ1v) is 10.7. The number of benzene rings is 3. The Labute approximate surface area is 210 Å². The first-order valence-electron chi connectivity index (χ1n) is 10.7. The van der Waals surface area contributed by atoms with Crippen LogP contribution in [-0.4, -0.2) is 28.7 Å². The van der Waals surface area contributed by atoms with Crippen LogP contribution in [0.3, 0.4) is 0 Å². The van der Waals surface area contributed by atoms with Crippen LogP contribution in [0.4, 0.5) is 32.0 Å². The number of nitrogens with zero attached hydrogens (tertiary/aromatic N) is 2. The highest BCUT2D eigenvalue weighted by Crippen LogP contribution is 2.34. The van der Waals surface area contributed by atoms with Gasteiger partial charge in [-0.2, -0.15) is 0 Å². The molecule has 198 valence electrons. The predicted octanol–water partition coefficient (Wildman–Crippen LogP) is 5.42. The second-order valence-corrected chi connectivity index (χ2v) is 7.84. The lowest BCUT2D eigenvalue weighted by molar-refractivity contribution is -0.274. The molecule has 1 heterocycles. The van der Waals surface area contributed by atoms with E-state index in [1.165, 1.54) is 26.3 Å². The van der Waals surface area contributed by atoms with E-state index in [1.54, 1.807) is 0 Å². The Morgan fingerprint density at radius 1 is 0.921 bits per heavy atom. The van der Waals surface area contributed by atoms with Gasteiger partial charge in [0.2, 0.25) is 0 Å². The Kier molecular flexibility index (Phi) is 6.94. The number of hydrogen-bond donors (Lipinski definition) is 1. The van der Waals surface area contributed by atoms with Crippen molar-refractivity contribution in [2.24, 2.45) is 7.05 Å². The predicted molar refractivity (Wildman–Crippen MR) is 124 cm³/mol. The molecule has 1 aromatic heterocycles. The lowest BCUT2D eigenvalue weighted by Crippen LogP contribution is -2.23. The molecule has 0 aliphatic carbocycles. The van der Waals surface area contributed by atoms with E-state index in [9.17, 15) is 27.2 Å². The quantitative estimate of drug-likeness (QED) is 0.334. The molecule has 0 fully saturated rings. The van der Waals surface area contributed by atoms with Crippen LogP contribution in [0.25, 0.3) is 16.9 Å². The van der Waals surface area contributed by atoms with E-state index >= 15 is 8.78 Å². The van der Waals surface area contributed by atoms with E-state index in [-0.39, 0.29) is 17.0 Å². The molecule has 4 rings (SSSR count). The Balaban J connectivity index is 1.85. The first kappa shape index (κ1) is 26.4. The highest BCUT2D eigenvalue weighted by molar-refractivity contribution is 6.06. The number of methoxy groups -OCH3 is 1. The van der Waals surface area contributed by atoms with Crippen molar-refractivity contribution in [3.63, 3.8) is 0 Å². The summed E-state index contributed by atoms with van der Waals surface area (Å²) in [6.07, 6.45) is -4.95. The van der Waals surface area contributed by atoms with Crippen LogP contribution in [0.5, 0.6) is 11.5 Å². The second kappa shape index (κ2) is 10.00. The van der Waals surface area contributed by atoms with Gasteiger partial charge in [-0.1, -0.05) is 6.07 Å². The third-order valence-corrected chi connectivity index (χ3v) is 5.40. The van der Waals surface area contributed by atoms with E-state index in [0.717, 1.165) is 57.9 Å². The molecule has 13 heteroatoms. The number of carbonyl (C=O) groups is 1. The fraction of sp³-hybridized carbons (Fsp3) is 0.120. The topological polar surface area (TPSA) is 74.5 Å². The maximum absolute atomic E-state index is 15.1. The minimum Gasteiger partial charge on any atom is -0.497 e. The zero-order valence-corrected chi connectivity index (χ0v) is 19.6. The van der Waals surface area contributed by atoms with E-state index < -0.39 is 58.0 Å². The Morgan fingerprint density at radius 2 is 1.55 bits per heavy atom. The second-order valence-electron chi connectivity index (χ2n) is 7.84. The van der Waals surface area contributed by atoms with E-state index in [2.05, 4.69) is 10.1 Å². The number of carbonyl (C=O) groups excluding carboxylic acids is 1. The molecule has 0 atom stereocenters. The standard InChI is InChI=1S/C25H17F6N3O4/c1-33-22(20-18(27)11-17(37-2)12-19(20)28)21(24(36)34(33)15-5-3-4-14(26)10-15)32-23(35)13-6-8-16(9-7-13)38-25(29,30)31/h3-12H,1-2H3,(H,32,35). The number of hydrogen-bond acceptors (Lipinski definition) is 4. The summed E-state index contributed by atoms with van der Waals surface area (Å²) in [6, 6.07) is 10.3. The van der Waals surface area contributed by atoms with Crippen LogP contribution >= 0.6 is 0 Å². The molecule has 1 amide bonds. The molecule has 0 aliphatic heterocycles. The van der Waals surface area contributed by atoms with Crippen molar-refractivity contribution >= 4 is 11.6 Å².